The third kappa shape index (κ3) is 3.35. The number of piperidine rings is 1. The van der Waals surface area contributed by atoms with Crippen molar-refractivity contribution in [3.05, 3.63) is 11.6 Å². The topological polar surface area (TPSA) is 3.24 Å². The third-order valence-electron chi connectivity index (χ3n) is 4.21. The largest absolute Gasteiger partial charge is 0.300 e. The zero-order valence-electron chi connectivity index (χ0n) is 10.9. The van der Waals surface area contributed by atoms with Crippen molar-refractivity contribution in [1.82, 2.24) is 4.90 Å². The first-order valence-electron chi connectivity index (χ1n) is 7.32. The fraction of sp³-hybridized carbons (Fsp3) is 0.867. The van der Waals surface area contributed by atoms with Crippen LogP contribution in [0.15, 0.2) is 11.6 Å². The minimum absolute atomic E-state index is 0.894. The average Bonchev–Trinajstić information content (AvgIpc) is 2.57. The molecular formula is C15H27N. The first kappa shape index (κ1) is 12.2. The lowest BCUT2D eigenvalue weighted by atomic mass is 10.0. The van der Waals surface area contributed by atoms with Crippen molar-refractivity contribution in [2.75, 3.05) is 13.1 Å². The van der Waals surface area contributed by atoms with Gasteiger partial charge in [-0.05, 0) is 58.0 Å². The molecule has 0 N–H and O–H groups in total. The van der Waals surface area contributed by atoms with Gasteiger partial charge in [0.25, 0.3) is 0 Å². The molecule has 0 amide bonds. The van der Waals surface area contributed by atoms with Crippen LogP contribution in [0.4, 0.5) is 0 Å². The van der Waals surface area contributed by atoms with Crippen LogP contribution in [0.5, 0.6) is 0 Å². The van der Waals surface area contributed by atoms with Crippen LogP contribution in [0.1, 0.15) is 64.7 Å². The molecule has 1 heteroatoms. The SMILES string of the molecule is CCCC1=CCCC(N2CCCCC2)CC1. The molecular weight excluding hydrogens is 194 g/mol. The molecule has 1 aliphatic heterocycles. The minimum Gasteiger partial charge on any atom is -0.300 e. The van der Waals surface area contributed by atoms with E-state index in [9.17, 15) is 0 Å². The van der Waals surface area contributed by atoms with Crippen LogP contribution >= 0.6 is 0 Å². The van der Waals surface area contributed by atoms with E-state index in [-0.39, 0.29) is 0 Å². The highest BCUT2D eigenvalue weighted by Crippen LogP contribution is 2.26. The van der Waals surface area contributed by atoms with E-state index in [0.717, 1.165) is 6.04 Å². The molecule has 0 radical (unpaired) electrons. The van der Waals surface area contributed by atoms with Crippen LogP contribution in [0, 0.1) is 0 Å². The van der Waals surface area contributed by atoms with E-state index < -0.39 is 0 Å². The maximum atomic E-state index is 2.77. The Labute approximate surface area is 101 Å². The van der Waals surface area contributed by atoms with Crippen molar-refractivity contribution in [1.29, 1.82) is 0 Å². The van der Waals surface area contributed by atoms with Gasteiger partial charge in [-0.1, -0.05) is 31.4 Å². The number of hydrogen-bond acceptors (Lipinski definition) is 1. The Bertz CT molecular complexity index is 226. The second kappa shape index (κ2) is 6.44. The van der Waals surface area contributed by atoms with Gasteiger partial charge in [0.2, 0.25) is 0 Å². The van der Waals surface area contributed by atoms with Crippen LogP contribution in [0.25, 0.3) is 0 Å². The van der Waals surface area contributed by atoms with Crippen molar-refractivity contribution in [2.24, 2.45) is 0 Å². The number of nitrogens with zero attached hydrogens (tertiary/aromatic N) is 1. The third-order valence-corrected chi connectivity index (χ3v) is 4.21. The molecule has 0 bridgehead atoms. The van der Waals surface area contributed by atoms with Crippen molar-refractivity contribution in [3.63, 3.8) is 0 Å². The van der Waals surface area contributed by atoms with Crippen LogP contribution in [0.2, 0.25) is 0 Å². The number of likely N-dealkylation sites (tertiary alicyclic amines) is 1. The van der Waals surface area contributed by atoms with Crippen LogP contribution < -0.4 is 0 Å². The maximum Gasteiger partial charge on any atom is 0.0101 e. The summed E-state index contributed by atoms with van der Waals surface area (Å²) in [5.74, 6) is 0. The van der Waals surface area contributed by atoms with E-state index in [1.54, 1.807) is 5.57 Å². The van der Waals surface area contributed by atoms with E-state index in [1.807, 2.05) is 0 Å². The number of rotatable bonds is 3. The molecule has 0 aromatic carbocycles. The van der Waals surface area contributed by atoms with Gasteiger partial charge in [0.1, 0.15) is 0 Å². The summed E-state index contributed by atoms with van der Waals surface area (Å²) >= 11 is 0. The molecule has 1 fully saturated rings. The zero-order valence-corrected chi connectivity index (χ0v) is 10.9. The molecule has 1 heterocycles. The van der Waals surface area contributed by atoms with E-state index in [2.05, 4.69) is 17.9 Å². The fourth-order valence-electron chi connectivity index (χ4n) is 3.28. The minimum atomic E-state index is 0.894. The Balaban J connectivity index is 1.81. The number of hydrogen-bond donors (Lipinski definition) is 0. The Morgan fingerprint density at radius 2 is 2.00 bits per heavy atom. The van der Waals surface area contributed by atoms with Gasteiger partial charge in [-0.2, -0.15) is 0 Å². The van der Waals surface area contributed by atoms with Crippen molar-refractivity contribution in [2.45, 2.75) is 70.8 Å². The average molecular weight is 221 g/mol. The van der Waals surface area contributed by atoms with Gasteiger partial charge in [-0.3, -0.25) is 0 Å². The van der Waals surface area contributed by atoms with Gasteiger partial charge in [0.15, 0.2) is 0 Å². The van der Waals surface area contributed by atoms with Crippen LogP contribution in [-0.2, 0) is 0 Å². The Hall–Kier alpha value is -0.300. The van der Waals surface area contributed by atoms with Gasteiger partial charge in [-0.25, -0.2) is 0 Å². The van der Waals surface area contributed by atoms with E-state index in [0.29, 0.717) is 0 Å². The molecule has 1 nitrogen and oxygen atoms in total. The van der Waals surface area contributed by atoms with Crippen LogP contribution in [-0.4, -0.2) is 24.0 Å². The summed E-state index contributed by atoms with van der Waals surface area (Å²) in [6.07, 6.45) is 15.1. The molecule has 16 heavy (non-hydrogen) atoms. The van der Waals surface area contributed by atoms with Crippen LogP contribution in [0.3, 0.4) is 0 Å². The fourth-order valence-corrected chi connectivity index (χ4v) is 3.28. The summed E-state index contributed by atoms with van der Waals surface area (Å²) in [6, 6.07) is 0.894. The van der Waals surface area contributed by atoms with Gasteiger partial charge >= 0.3 is 0 Å². The van der Waals surface area contributed by atoms with Gasteiger partial charge < -0.3 is 4.90 Å². The van der Waals surface area contributed by atoms with Crippen molar-refractivity contribution >= 4 is 0 Å². The van der Waals surface area contributed by atoms with Gasteiger partial charge in [0.05, 0.1) is 0 Å². The first-order chi connectivity index (χ1) is 7.90. The quantitative estimate of drug-likeness (QED) is 0.647. The highest BCUT2D eigenvalue weighted by atomic mass is 15.2. The lowest BCUT2D eigenvalue weighted by molar-refractivity contribution is 0.150. The Morgan fingerprint density at radius 1 is 1.19 bits per heavy atom. The molecule has 2 aliphatic rings. The molecule has 1 atom stereocenters. The summed E-state index contributed by atoms with van der Waals surface area (Å²) in [4.78, 5) is 2.77. The molecule has 0 spiro atoms. The predicted octanol–water partition coefficient (Wildman–Crippen LogP) is 4.14. The second-order valence-corrected chi connectivity index (χ2v) is 5.48. The molecule has 0 aromatic rings. The summed E-state index contributed by atoms with van der Waals surface area (Å²) in [5, 5.41) is 0. The highest BCUT2D eigenvalue weighted by molar-refractivity contribution is 5.05. The monoisotopic (exact) mass is 221 g/mol. The maximum absolute atomic E-state index is 2.77. The van der Waals surface area contributed by atoms with Crippen molar-refractivity contribution < 1.29 is 0 Å². The lowest BCUT2D eigenvalue weighted by Gasteiger charge is -2.34. The summed E-state index contributed by atoms with van der Waals surface area (Å²) in [5.41, 5.74) is 1.74. The molecule has 1 aliphatic carbocycles. The Kier molecular flexibility index (Phi) is 4.90. The van der Waals surface area contributed by atoms with Crippen molar-refractivity contribution in [3.8, 4) is 0 Å². The Morgan fingerprint density at radius 3 is 2.75 bits per heavy atom. The standard InChI is InChI=1S/C15H27N/c1-2-7-14-8-6-9-15(11-10-14)16-12-4-3-5-13-16/h8,15H,2-7,9-13H2,1H3. The zero-order chi connectivity index (χ0) is 11.2. The summed E-state index contributed by atoms with van der Waals surface area (Å²) < 4.78 is 0. The number of allylic oxidation sites excluding steroid dienone is 2. The normalized spacial score (nSPS) is 28.6. The highest BCUT2D eigenvalue weighted by Gasteiger charge is 2.21. The van der Waals surface area contributed by atoms with E-state index in [4.69, 9.17) is 0 Å². The molecule has 0 aromatic heterocycles. The smallest absolute Gasteiger partial charge is 0.0101 e. The first-order valence-corrected chi connectivity index (χ1v) is 7.32. The molecule has 0 saturated carbocycles. The lowest BCUT2D eigenvalue weighted by Crippen LogP contribution is -2.38. The summed E-state index contributed by atoms with van der Waals surface area (Å²) in [7, 11) is 0. The second-order valence-electron chi connectivity index (χ2n) is 5.48. The van der Waals surface area contributed by atoms with Gasteiger partial charge in [0, 0.05) is 6.04 Å². The summed E-state index contributed by atoms with van der Waals surface area (Å²) in [6.45, 7) is 5.04. The molecule has 92 valence electrons. The molecule has 2 rings (SSSR count). The van der Waals surface area contributed by atoms with E-state index >= 15 is 0 Å². The molecule has 1 unspecified atom stereocenters. The predicted molar refractivity (Wildman–Crippen MR) is 70.7 cm³/mol. The van der Waals surface area contributed by atoms with Gasteiger partial charge in [-0.15, -0.1) is 0 Å². The molecule has 1 saturated heterocycles. The van der Waals surface area contributed by atoms with E-state index in [1.165, 1.54) is 70.9 Å².